The van der Waals surface area contributed by atoms with E-state index in [-0.39, 0.29) is 17.2 Å². The molecule has 0 bridgehead atoms. The summed E-state index contributed by atoms with van der Waals surface area (Å²) in [6, 6.07) is 4.93. The number of sulfonamides is 1. The van der Waals surface area contributed by atoms with Crippen LogP contribution in [0.25, 0.3) is 11.1 Å². The molecule has 1 heterocycles. The maximum atomic E-state index is 12.0. The van der Waals surface area contributed by atoms with E-state index in [0.717, 1.165) is 0 Å². The molecule has 1 aromatic carbocycles. The second-order valence-electron chi connectivity index (χ2n) is 7.41. The van der Waals surface area contributed by atoms with Gasteiger partial charge in [0.2, 0.25) is 15.9 Å². The number of fused-ring (bicyclic) bond motifs is 1. The van der Waals surface area contributed by atoms with Gasteiger partial charge in [0, 0.05) is 31.2 Å². The lowest BCUT2D eigenvalue weighted by atomic mass is 9.97. The predicted octanol–water partition coefficient (Wildman–Crippen LogP) is 2.92. The Kier molecular flexibility index (Phi) is 6.48. The van der Waals surface area contributed by atoms with Crippen molar-refractivity contribution in [1.82, 2.24) is 14.6 Å². The zero-order valence-corrected chi connectivity index (χ0v) is 17.3. The van der Waals surface area contributed by atoms with Gasteiger partial charge < -0.3 is 15.1 Å². The minimum absolute atomic E-state index is 0.0683. The number of carbonyl (C=O) groups excluding carboxylic acids is 1. The molecular weight excluding hydrogens is 368 g/mol. The summed E-state index contributed by atoms with van der Waals surface area (Å²) in [6.07, 6.45) is 0.528. The normalized spacial score (nSPS) is 12.5. The third-order valence-electron chi connectivity index (χ3n) is 4.06. The number of anilines is 1. The van der Waals surface area contributed by atoms with Crippen molar-refractivity contribution in [2.45, 2.75) is 39.5 Å². The standard InChI is InChI=1S/C18H28N4O4S/c1-6-27(24,25)22(5)11-7-10-19-17(23)20-13-8-9-15-14(12-13)21-16(26-15)18(2,3)4/h8-9,12H,6-7,10-11H2,1-5H3,(H2,19,20,23). The van der Waals surface area contributed by atoms with E-state index in [2.05, 4.69) is 15.6 Å². The summed E-state index contributed by atoms with van der Waals surface area (Å²) in [5.74, 6) is 0.712. The quantitative estimate of drug-likeness (QED) is 0.700. The zero-order valence-electron chi connectivity index (χ0n) is 16.5. The fraction of sp³-hybridized carbons (Fsp3) is 0.556. The number of nitrogens with zero attached hydrogens (tertiary/aromatic N) is 2. The molecule has 2 rings (SSSR count). The molecule has 2 aromatic rings. The Bertz CT molecular complexity index is 900. The molecule has 0 saturated carbocycles. The largest absolute Gasteiger partial charge is 0.440 e. The lowest BCUT2D eigenvalue weighted by Gasteiger charge is -2.15. The molecule has 0 aliphatic heterocycles. The molecule has 27 heavy (non-hydrogen) atoms. The van der Waals surface area contributed by atoms with E-state index < -0.39 is 10.0 Å². The van der Waals surface area contributed by atoms with Crippen LogP contribution in [0.1, 0.15) is 40.0 Å². The van der Waals surface area contributed by atoms with Crippen molar-refractivity contribution in [2.75, 3.05) is 31.2 Å². The Morgan fingerprint density at radius 3 is 2.63 bits per heavy atom. The fourth-order valence-electron chi connectivity index (χ4n) is 2.36. The number of urea groups is 1. The number of aromatic nitrogens is 1. The molecule has 8 nitrogen and oxygen atoms in total. The molecule has 2 amide bonds. The summed E-state index contributed by atoms with van der Waals surface area (Å²) in [7, 11) is -1.65. The van der Waals surface area contributed by atoms with Crippen LogP contribution in [0, 0.1) is 0 Å². The number of hydrogen-bond acceptors (Lipinski definition) is 5. The lowest BCUT2D eigenvalue weighted by molar-refractivity contribution is 0.251. The van der Waals surface area contributed by atoms with Crippen molar-refractivity contribution in [3.63, 3.8) is 0 Å². The van der Waals surface area contributed by atoms with Crippen molar-refractivity contribution in [3.05, 3.63) is 24.1 Å². The number of amides is 2. The van der Waals surface area contributed by atoms with E-state index in [1.54, 1.807) is 25.1 Å². The summed E-state index contributed by atoms with van der Waals surface area (Å²) >= 11 is 0. The van der Waals surface area contributed by atoms with Gasteiger partial charge >= 0.3 is 6.03 Å². The molecule has 0 spiro atoms. The monoisotopic (exact) mass is 396 g/mol. The Balaban J connectivity index is 1.87. The van der Waals surface area contributed by atoms with Gasteiger partial charge in [-0.1, -0.05) is 20.8 Å². The van der Waals surface area contributed by atoms with Crippen LogP contribution >= 0.6 is 0 Å². The summed E-state index contributed by atoms with van der Waals surface area (Å²) in [5.41, 5.74) is 1.78. The highest BCUT2D eigenvalue weighted by Crippen LogP contribution is 2.27. The first-order valence-electron chi connectivity index (χ1n) is 8.93. The molecule has 0 fully saturated rings. The summed E-state index contributed by atoms with van der Waals surface area (Å²) in [5, 5.41) is 5.47. The smallest absolute Gasteiger partial charge is 0.319 e. The molecule has 150 valence electrons. The van der Waals surface area contributed by atoms with Crippen molar-refractivity contribution >= 4 is 32.8 Å². The number of nitrogens with one attached hydrogen (secondary N) is 2. The molecule has 0 saturated heterocycles. The number of rotatable bonds is 7. The van der Waals surface area contributed by atoms with Crippen LogP contribution in [0.5, 0.6) is 0 Å². The maximum Gasteiger partial charge on any atom is 0.319 e. The highest BCUT2D eigenvalue weighted by molar-refractivity contribution is 7.89. The van der Waals surface area contributed by atoms with E-state index in [4.69, 9.17) is 4.42 Å². The minimum atomic E-state index is -3.19. The van der Waals surface area contributed by atoms with E-state index in [9.17, 15) is 13.2 Å². The Hall–Kier alpha value is -2.13. The van der Waals surface area contributed by atoms with Crippen molar-refractivity contribution in [1.29, 1.82) is 0 Å². The van der Waals surface area contributed by atoms with Gasteiger partial charge in [0.25, 0.3) is 0 Å². The molecule has 0 radical (unpaired) electrons. The van der Waals surface area contributed by atoms with Crippen LogP contribution in [0.2, 0.25) is 0 Å². The minimum Gasteiger partial charge on any atom is -0.440 e. The molecule has 1 aromatic heterocycles. The van der Waals surface area contributed by atoms with Crippen molar-refractivity contribution in [2.24, 2.45) is 0 Å². The number of oxazole rings is 1. The van der Waals surface area contributed by atoms with Gasteiger partial charge in [-0.2, -0.15) is 0 Å². The second-order valence-corrected chi connectivity index (χ2v) is 9.77. The van der Waals surface area contributed by atoms with E-state index in [0.29, 0.717) is 42.2 Å². The molecule has 9 heteroatoms. The molecule has 0 aliphatic rings. The molecular formula is C18H28N4O4S. The average Bonchev–Trinajstić information content (AvgIpc) is 3.02. The third-order valence-corrected chi connectivity index (χ3v) is 5.92. The van der Waals surface area contributed by atoms with Gasteiger partial charge in [-0.05, 0) is 31.5 Å². The van der Waals surface area contributed by atoms with Gasteiger partial charge in [0.15, 0.2) is 5.58 Å². The first-order valence-corrected chi connectivity index (χ1v) is 10.5. The van der Waals surface area contributed by atoms with Gasteiger partial charge in [-0.15, -0.1) is 0 Å². The third kappa shape index (κ3) is 5.67. The Morgan fingerprint density at radius 1 is 1.30 bits per heavy atom. The molecule has 0 unspecified atom stereocenters. The number of hydrogen-bond donors (Lipinski definition) is 2. The predicted molar refractivity (Wildman–Crippen MR) is 106 cm³/mol. The van der Waals surface area contributed by atoms with Crippen molar-refractivity contribution < 1.29 is 17.6 Å². The van der Waals surface area contributed by atoms with Crippen LogP contribution in [-0.2, 0) is 15.4 Å². The van der Waals surface area contributed by atoms with Crippen LogP contribution in [-0.4, -0.2) is 49.6 Å². The fourth-order valence-corrected chi connectivity index (χ4v) is 3.21. The molecule has 2 N–H and O–H groups in total. The highest BCUT2D eigenvalue weighted by Gasteiger charge is 2.21. The molecule has 0 aliphatic carbocycles. The lowest BCUT2D eigenvalue weighted by Crippen LogP contribution is -2.34. The first kappa shape index (κ1) is 21.2. The van der Waals surface area contributed by atoms with Crippen molar-refractivity contribution in [3.8, 4) is 0 Å². The number of carbonyl (C=O) groups is 1. The summed E-state index contributed by atoms with van der Waals surface area (Å²) < 4.78 is 30.3. The summed E-state index contributed by atoms with van der Waals surface area (Å²) in [4.78, 5) is 16.5. The topological polar surface area (TPSA) is 105 Å². The first-order chi connectivity index (χ1) is 12.5. The Labute approximate surface area is 160 Å². The van der Waals surface area contributed by atoms with Crippen LogP contribution in [0.15, 0.2) is 22.6 Å². The van der Waals surface area contributed by atoms with Gasteiger partial charge in [0.05, 0.1) is 5.75 Å². The van der Waals surface area contributed by atoms with Gasteiger partial charge in [-0.25, -0.2) is 22.5 Å². The van der Waals surface area contributed by atoms with E-state index >= 15 is 0 Å². The van der Waals surface area contributed by atoms with E-state index in [1.165, 1.54) is 11.4 Å². The maximum absolute atomic E-state index is 12.0. The van der Waals surface area contributed by atoms with Crippen LogP contribution in [0.3, 0.4) is 0 Å². The average molecular weight is 397 g/mol. The van der Waals surface area contributed by atoms with Crippen LogP contribution < -0.4 is 10.6 Å². The van der Waals surface area contributed by atoms with Gasteiger partial charge in [-0.3, -0.25) is 0 Å². The highest BCUT2D eigenvalue weighted by atomic mass is 32.2. The van der Waals surface area contributed by atoms with E-state index in [1.807, 2.05) is 20.8 Å². The zero-order chi connectivity index (χ0) is 20.2. The Morgan fingerprint density at radius 2 is 2.00 bits per heavy atom. The SMILES string of the molecule is CCS(=O)(=O)N(C)CCCNC(=O)Nc1ccc2oc(C(C)(C)C)nc2c1. The summed E-state index contributed by atoms with van der Waals surface area (Å²) in [6.45, 7) is 8.40. The number of benzene rings is 1. The van der Waals surface area contributed by atoms with Crippen LogP contribution in [0.4, 0.5) is 10.5 Å². The van der Waals surface area contributed by atoms with Gasteiger partial charge in [0.1, 0.15) is 5.52 Å². The molecule has 0 atom stereocenters. The second kappa shape index (κ2) is 8.26.